The van der Waals surface area contributed by atoms with Crippen molar-refractivity contribution in [2.75, 3.05) is 23.7 Å². The zero-order valence-corrected chi connectivity index (χ0v) is 38.5. The fraction of sp³-hybridized carbons (Fsp3) is 0.385. The Bertz CT molecular complexity index is 2230. The number of carbonyl (C=O) groups excluding carboxylic acids is 6. The summed E-state index contributed by atoms with van der Waals surface area (Å²) in [6.45, 7) is 11.3. The van der Waals surface area contributed by atoms with Crippen LogP contribution >= 0.6 is 0 Å². The number of hydrogen-bond acceptors (Lipinski definition) is 8. The highest BCUT2D eigenvalue weighted by molar-refractivity contribution is 6.00. The molecule has 0 spiro atoms. The van der Waals surface area contributed by atoms with Gasteiger partial charge in [0.2, 0.25) is 23.6 Å². The van der Waals surface area contributed by atoms with Gasteiger partial charge in [-0.2, -0.15) is 0 Å². The molecule has 4 aromatic rings. The van der Waals surface area contributed by atoms with Gasteiger partial charge in [0.25, 0.3) is 0 Å². The van der Waals surface area contributed by atoms with Gasteiger partial charge in [0, 0.05) is 48.4 Å². The van der Waals surface area contributed by atoms with E-state index in [0.29, 0.717) is 61.3 Å². The maximum atomic E-state index is 13.9. The molecule has 14 nitrogen and oxygen atoms in total. The van der Waals surface area contributed by atoms with Crippen molar-refractivity contribution in [1.82, 2.24) is 20.4 Å². The lowest BCUT2D eigenvalue weighted by molar-refractivity contribution is -0.138. The number of rotatable bonds is 12. The number of nitrogens with one attached hydrogen (secondary N) is 4. The molecule has 6 rings (SSSR count). The average molecular weight is 897 g/mol. The summed E-state index contributed by atoms with van der Waals surface area (Å²) in [7, 11) is 0. The lowest BCUT2D eigenvalue weighted by atomic mass is 10.0. The lowest BCUT2D eigenvalue weighted by Crippen LogP contribution is -2.54. The van der Waals surface area contributed by atoms with Crippen molar-refractivity contribution in [1.29, 1.82) is 0 Å². The molecule has 14 heteroatoms. The molecule has 4 aromatic carbocycles. The summed E-state index contributed by atoms with van der Waals surface area (Å²) < 4.78 is 10.9. The van der Waals surface area contributed by atoms with Crippen molar-refractivity contribution >= 4 is 47.2 Å². The van der Waals surface area contributed by atoms with Gasteiger partial charge in [0.15, 0.2) is 0 Å². The van der Waals surface area contributed by atoms with E-state index in [1.165, 1.54) is 0 Å². The molecule has 0 radical (unpaired) electrons. The summed E-state index contributed by atoms with van der Waals surface area (Å²) in [6.07, 6.45) is 1.33. The predicted molar refractivity (Wildman–Crippen MR) is 252 cm³/mol. The predicted octanol–water partition coefficient (Wildman–Crippen LogP) is 7.22. The highest BCUT2D eigenvalue weighted by Crippen LogP contribution is 2.24. The molecule has 2 saturated heterocycles. The Hall–Kier alpha value is -7.14. The van der Waals surface area contributed by atoms with E-state index in [1.807, 2.05) is 60.7 Å². The molecule has 0 saturated carbocycles. The number of amides is 6. The Kier molecular flexibility index (Phi) is 15.9. The third-order valence-corrected chi connectivity index (χ3v) is 10.9. The van der Waals surface area contributed by atoms with Crippen LogP contribution in [0.2, 0.25) is 0 Å². The monoisotopic (exact) mass is 896 g/mol. The first-order valence-corrected chi connectivity index (χ1v) is 22.4. The minimum absolute atomic E-state index is 0.241. The van der Waals surface area contributed by atoms with Gasteiger partial charge in [0.1, 0.15) is 35.4 Å². The van der Waals surface area contributed by atoms with E-state index < -0.39 is 47.6 Å². The number of benzene rings is 4. The Morgan fingerprint density at radius 3 is 1.23 bits per heavy atom. The topological polar surface area (TPSA) is 175 Å². The summed E-state index contributed by atoms with van der Waals surface area (Å²) in [5.74, 6) is 4.91. The Morgan fingerprint density at radius 1 is 0.545 bits per heavy atom. The third kappa shape index (κ3) is 14.2. The van der Waals surface area contributed by atoms with Crippen LogP contribution in [0.3, 0.4) is 0 Å². The van der Waals surface area contributed by atoms with Crippen LogP contribution in [-0.2, 0) is 41.5 Å². The zero-order valence-electron chi connectivity index (χ0n) is 38.5. The van der Waals surface area contributed by atoms with Gasteiger partial charge in [-0.15, -0.1) is 0 Å². The number of carbonyl (C=O) groups is 6. The first kappa shape index (κ1) is 48.3. The number of hydrogen-bond donors (Lipinski definition) is 4. The summed E-state index contributed by atoms with van der Waals surface area (Å²) >= 11 is 0. The van der Waals surface area contributed by atoms with Gasteiger partial charge in [-0.1, -0.05) is 72.5 Å². The molecular formula is C52H60N6O8. The van der Waals surface area contributed by atoms with Crippen molar-refractivity contribution in [3.05, 3.63) is 131 Å². The first-order valence-electron chi connectivity index (χ1n) is 22.4. The number of anilines is 2. The molecule has 2 aliphatic heterocycles. The second-order valence-electron chi connectivity index (χ2n) is 18.5. The van der Waals surface area contributed by atoms with Crippen LogP contribution < -0.4 is 21.3 Å². The molecule has 2 fully saturated rings. The van der Waals surface area contributed by atoms with E-state index in [-0.39, 0.29) is 36.5 Å². The third-order valence-electron chi connectivity index (χ3n) is 10.9. The van der Waals surface area contributed by atoms with Crippen LogP contribution in [0, 0.1) is 11.8 Å². The SMILES string of the molecule is CC(C)(C)OC(=O)N[C@H](Cc1ccccc1)C(=O)N1CCC[C@H]1C(=O)Nc1ccc(C#Cc2ccc(NC(=O)[C@@H]3CCCN3C(=O)[C@@H](Cc3ccccc3)NC(=O)OC(C)(C)C)cc2)cc1. The molecule has 0 aliphatic carbocycles. The molecule has 0 aromatic heterocycles. The maximum Gasteiger partial charge on any atom is 0.408 e. The molecule has 0 bridgehead atoms. The maximum absolute atomic E-state index is 13.9. The molecule has 2 aliphatic rings. The largest absolute Gasteiger partial charge is 0.444 e. The van der Waals surface area contributed by atoms with E-state index in [2.05, 4.69) is 33.1 Å². The highest BCUT2D eigenvalue weighted by Gasteiger charge is 2.40. The quantitative estimate of drug-likeness (QED) is 0.108. The van der Waals surface area contributed by atoms with Crippen molar-refractivity contribution in [3.8, 4) is 11.8 Å². The summed E-state index contributed by atoms with van der Waals surface area (Å²) in [6, 6.07) is 29.6. The summed E-state index contributed by atoms with van der Waals surface area (Å²) in [5, 5.41) is 11.4. The summed E-state index contributed by atoms with van der Waals surface area (Å²) in [5.41, 5.74) is 2.73. The van der Waals surface area contributed by atoms with E-state index in [9.17, 15) is 28.8 Å². The molecule has 0 unspecified atom stereocenters. The summed E-state index contributed by atoms with van der Waals surface area (Å²) in [4.78, 5) is 83.7. The Morgan fingerprint density at radius 2 is 0.894 bits per heavy atom. The van der Waals surface area contributed by atoms with Crippen LogP contribution in [0.15, 0.2) is 109 Å². The fourth-order valence-corrected chi connectivity index (χ4v) is 7.88. The van der Waals surface area contributed by atoms with E-state index in [1.54, 1.807) is 99.9 Å². The highest BCUT2D eigenvalue weighted by atomic mass is 16.6. The molecule has 4 atom stereocenters. The van der Waals surface area contributed by atoms with Crippen LogP contribution in [0.1, 0.15) is 89.5 Å². The van der Waals surface area contributed by atoms with Gasteiger partial charge < -0.3 is 40.5 Å². The second-order valence-corrected chi connectivity index (χ2v) is 18.5. The zero-order chi connectivity index (χ0) is 47.4. The normalized spacial score (nSPS) is 16.8. The minimum Gasteiger partial charge on any atom is -0.444 e. The minimum atomic E-state index is -0.926. The average Bonchev–Trinajstić information content (AvgIpc) is 3.97. The van der Waals surface area contributed by atoms with Crippen molar-refractivity contribution in [2.24, 2.45) is 0 Å². The molecule has 66 heavy (non-hydrogen) atoms. The van der Waals surface area contributed by atoms with Gasteiger partial charge >= 0.3 is 12.2 Å². The van der Waals surface area contributed by atoms with Gasteiger partial charge in [-0.05, 0) is 127 Å². The second kappa shape index (κ2) is 21.7. The van der Waals surface area contributed by atoms with Gasteiger partial charge in [0.05, 0.1) is 0 Å². The fourth-order valence-electron chi connectivity index (χ4n) is 7.88. The molecule has 2 heterocycles. The lowest BCUT2D eigenvalue weighted by Gasteiger charge is -2.29. The van der Waals surface area contributed by atoms with Gasteiger partial charge in [-0.3, -0.25) is 19.2 Å². The molecular weight excluding hydrogens is 837 g/mol. The smallest absolute Gasteiger partial charge is 0.408 e. The standard InChI is InChI=1S/C52H60N6O8/c1-51(2,3)65-49(63)55-41(33-37-15-9-7-10-16-37)47(61)57-31-13-19-43(57)45(59)53-39-27-23-35(24-28-39)21-22-36-25-29-40(30-26-36)54-46(60)44-20-14-32-58(44)48(62)42(34-38-17-11-8-12-18-38)56-50(64)66-52(4,5)6/h7-12,15-18,23-30,41-44H,13-14,19-20,31-34H2,1-6H3,(H,53,59)(H,54,60)(H,55,63)(H,56,64)/t41-,42-,43+,44+/m1/s1. The van der Waals surface area contributed by atoms with E-state index in [4.69, 9.17) is 9.47 Å². The molecule has 346 valence electrons. The van der Waals surface area contributed by atoms with Crippen molar-refractivity contribution in [2.45, 2.75) is 115 Å². The van der Waals surface area contributed by atoms with E-state index >= 15 is 0 Å². The number of ether oxygens (including phenoxy) is 2. The van der Waals surface area contributed by atoms with Crippen LogP contribution in [0.4, 0.5) is 21.0 Å². The van der Waals surface area contributed by atoms with Crippen molar-refractivity contribution in [3.63, 3.8) is 0 Å². The first-order chi connectivity index (χ1) is 31.4. The van der Waals surface area contributed by atoms with Gasteiger partial charge in [-0.25, -0.2) is 9.59 Å². The van der Waals surface area contributed by atoms with Crippen LogP contribution in [-0.4, -0.2) is 94.1 Å². The number of nitrogens with zero attached hydrogens (tertiary/aromatic N) is 2. The van der Waals surface area contributed by atoms with Crippen LogP contribution in [0.25, 0.3) is 0 Å². The van der Waals surface area contributed by atoms with Crippen molar-refractivity contribution < 1.29 is 38.2 Å². The van der Waals surface area contributed by atoms with E-state index in [0.717, 1.165) is 11.1 Å². The Balaban J connectivity index is 1.03. The van der Waals surface area contributed by atoms with Crippen LogP contribution in [0.5, 0.6) is 0 Å². The Labute approximate surface area is 387 Å². The molecule has 6 amide bonds. The molecule has 4 N–H and O–H groups in total. The number of alkyl carbamates (subject to hydrolysis) is 2. The number of likely N-dealkylation sites (tertiary alicyclic amines) is 2.